The third-order valence-corrected chi connectivity index (χ3v) is 4.24. The maximum Gasteiger partial charge on any atom is 0.325 e. The summed E-state index contributed by atoms with van der Waals surface area (Å²) in [5.41, 5.74) is -0.136. The van der Waals surface area contributed by atoms with E-state index in [9.17, 15) is 24.5 Å². The fourth-order valence-electron chi connectivity index (χ4n) is 2.62. The Labute approximate surface area is 175 Å². The Hall–Kier alpha value is -4.41. The van der Waals surface area contributed by atoms with Crippen molar-refractivity contribution in [2.75, 3.05) is 6.79 Å². The van der Waals surface area contributed by atoms with Gasteiger partial charge in [-0.2, -0.15) is 0 Å². The zero-order chi connectivity index (χ0) is 22.5. The van der Waals surface area contributed by atoms with Gasteiger partial charge in [-0.15, -0.1) is 0 Å². The van der Waals surface area contributed by atoms with Gasteiger partial charge in [-0.05, 0) is 36.8 Å². The Balaban J connectivity index is 1.90. The number of amides is 2. The van der Waals surface area contributed by atoms with E-state index in [0.717, 1.165) is 6.07 Å². The number of nitrogens with one attached hydrogen (secondary N) is 2. The van der Waals surface area contributed by atoms with Gasteiger partial charge in [-0.25, -0.2) is 0 Å². The zero-order valence-corrected chi connectivity index (χ0v) is 16.2. The Morgan fingerprint density at radius 2 is 1.90 bits per heavy atom. The van der Waals surface area contributed by atoms with Crippen LogP contribution in [0.3, 0.4) is 0 Å². The van der Waals surface area contributed by atoms with E-state index in [-0.39, 0.29) is 23.7 Å². The number of carboxylic acid groups (broad SMARTS) is 1. The molecule has 0 aliphatic carbocycles. The molecule has 2 aromatic carbocycles. The van der Waals surface area contributed by atoms with Gasteiger partial charge in [0.25, 0.3) is 17.5 Å². The molecule has 2 aromatic rings. The van der Waals surface area contributed by atoms with Crippen LogP contribution in [0.2, 0.25) is 0 Å². The number of carboxylic acids is 1. The maximum atomic E-state index is 12.6. The summed E-state index contributed by atoms with van der Waals surface area (Å²) in [5, 5.41) is 24.6. The predicted molar refractivity (Wildman–Crippen MR) is 106 cm³/mol. The van der Waals surface area contributed by atoms with Crippen LogP contribution in [0.4, 0.5) is 5.69 Å². The van der Waals surface area contributed by atoms with E-state index < -0.39 is 28.7 Å². The van der Waals surface area contributed by atoms with E-state index in [4.69, 9.17) is 14.6 Å². The molecule has 160 valence electrons. The molecule has 3 N–H and O–H groups in total. The number of aliphatic carboxylic acids is 1. The highest BCUT2D eigenvalue weighted by Crippen LogP contribution is 2.33. The van der Waals surface area contributed by atoms with Crippen molar-refractivity contribution in [3.05, 3.63) is 69.4 Å². The highest BCUT2D eigenvalue weighted by atomic mass is 16.7. The molecular formula is C20H17N3O8. The van der Waals surface area contributed by atoms with Gasteiger partial charge in [-0.1, -0.05) is 12.1 Å². The molecule has 0 fully saturated rings. The van der Waals surface area contributed by atoms with Gasteiger partial charge < -0.3 is 25.2 Å². The number of benzene rings is 2. The molecule has 2 amide bonds. The average molecular weight is 427 g/mol. The van der Waals surface area contributed by atoms with Crippen LogP contribution in [-0.2, 0) is 9.59 Å². The largest absolute Gasteiger partial charge is 0.480 e. The lowest BCUT2D eigenvalue weighted by Gasteiger charge is -2.13. The molecule has 0 saturated carbocycles. The molecule has 0 bridgehead atoms. The van der Waals surface area contributed by atoms with Gasteiger partial charge in [0.15, 0.2) is 11.5 Å². The first kappa shape index (κ1) is 21.3. The predicted octanol–water partition coefficient (Wildman–Crippen LogP) is 1.68. The summed E-state index contributed by atoms with van der Waals surface area (Å²) >= 11 is 0. The summed E-state index contributed by atoms with van der Waals surface area (Å²) in [6.07, 6.45) is 1.32. The molecule has 31 heavy (non-hydrogen) atoms. The van der Waals surface area contributed by atoms with Gasteiger partial charge in [0, 0.05) is 17.7 Å². The number of nitro benzene ring substituents is 1. The number of hydrogen-bond donors (Lipinski definition) is 3. The minimum absolute atomic E-state index is 0.0510. The topological polar surface area (TPSA) is 157 Å². The van der Waals surface area contributed by atoms with Gasteiger partial charge in [-0.3, -0.25) is 24.5 Å². The second-order valence-electron chi connectivity index (χ2n) is 6.47. The summed E-state index contributed by atoms with van der Waals surface area (Å²) in [6.45, 7) is 1.32. The number of carbonyl (C=O) groups excluding carboxylic acids is 2. The normalized spacial score (nSPS) is 13.3. The molecule has 11 heteroatoms. The lowest BCUT2D eigenvalue weighted by molar-refractivity contribution is -0.384. The van der Waals surface area contributed by atoms with Crippen LogP contribution < -0.4 is 20.1 Å². The van der Waals surface area contributed by atoms with Crippen LogP contribution in [0.5, 0.6) is 11.5 Å². The number of non-ortho nitro benzene ring substituents is 1. The van der Waals surface area contributed by atoms with Crippen molar-refractivity contribution < 1.29 is 33.9 Å². The molecule has 0 aromatic heterocycles. The second-order valence-corrected chi connectivity index (χ2v) is 6.47. The quantitative estimate of drug-likeness (QED) is 0.342. The molecule has 0 spiro atoms. The molecule has 0 radical (unpaired) electrons. The Morgan fingerprint density at radius 3 is 2.61 bits per heavy atom. The zero-order valence-electron chi connectivity index (χ0n) is 16.2. The Bertz CT molecular complexity index is 1100. The third-order valence-electron chi connectivity index (χ3n) is 4.24. The molecule has 0 unspecified atom stereocenters. The minimum Gasteiger partial charge on any atom is -0.480 e. The van der Waals surface area contributed by atoms with Crippen molar-refractivity contribution in [3.63, 3.8) is 0 Å². The van der Waals surface area contributed by atoms with Crippen molar-refractivity contribution in [2.45, 2.75) is 13.0 Å². The molecule has 1 heterocycles. The van der Waals surface area contributed by atoms with Crippen molar-refractivity contribution in [2.24, 2.45) is 0 Å². The van der Waals surface area contributed by atoms with Crippen LogP contribution in [0.15, 0.2) is 48.2 Å². The van der Waals surface area contributed by atoms with E-state index in [0.29, 0.717) is 17.1 Å². The molecule has 0 saturated heterocycles. The van der Waals surface area contributed by atoms with Crippen molar-refractivity contribution in [1.29, 1.82) is 0 Å². The number of rotatable bonds is 7. The van der Waals surface area contributed by atoms with Gasteiger partial charge in [0.05, 0.1) is 4.92 Å². The second kappa shape index (κ2) is 8.95. The van der Waals surface area contributed by atoms with E-state index >= 15 is 0 Å². The number of fused-ring (bicyclic) bond motifs is 1. The summed E-state index contributed by atoms with van der Waals surface area (Å²) in [6, 6.07) is 8.55. The first-order valence-electron chi connectivity index (χ1n) is 8.95. The molecule has 1 aliphatic heterocycles. The van der Waals surface area contributed by atoms with Gasteiger partial charge in [0.1, 0.15) is 11.7 Å². The van der Waals surface area contributed by atoms with E-state index in [1.54, 1.807) is 18.2 Å². The lowest BCUT2D eigenvalue weighted by atomic mass is 10.1. The molecule has 1 atom stereocenters. The first-order chi connectivity index (χ1) is 14.7. The van der Waals surface area contributed by atoms with Crippen LogP contribution in [0, 0.1) is 10.1 Å². The van der Waals surface area contributed by atoms with E-state index in [1.807, 2.05) is 0 Å². The highest BCUT2D eigenvalue weighted by molar-refractivity contribution is 6.06. The fraction of sp³-hybridized carbons (Fsp3) is 0.150. The smallest absolute Gasteiger partial charge is 0.325 e. The first-order valence-corrected chi connectivity index (χ1v) is 8.95. The van der Waals surface area contributed by atoms with E-state index in [1.165, 1.54) is 31.2 Å². The summed E-state index contributed by atoms with van der Waals surface area (Å²) in [7, 11) is 0. The third kappa shape index (κ3) is 5.15. The molecular weight excluding hydrogens is 410 g/mol. The summed E-state index contributed by atoms with van der Waals surface area (Å²) in [5.74, 6) is -1.94. The number of nitrogens with zero attached hydrogens (tertiary/aromatic N) is 1. The van der Waals surface area contributed by atoms with Gasteiger partial charge in [0.2, 0.25) is 6.79 Å². The van der Waals surface area contributed by atoms with Crippen molar-refractivity contribution in [3.8, 4) is 11.5 Å². The minimum atomic E-state index is -1.26. The van der Waals surface area contributed by atoms with Crippen LogP contribution in [0.1, 0.15) is 22.8 Å². The maximum absolute atomic E-state index is 12.6. The highest BCUT2D eigenvalue weighted by Gasteiger charge is 2.21. The van der Waals surface area contributed by atoms with Crippen LogP contribution in [0.25, 0.3) is 6.08 Å². The number of hydrogen-bond acceptors (Lipinski definition) is 7. The fourth-order valence-corrected chi connectivity index (χ4v) is 2.62. The summed E-state index contributed by atoms with van der Waals surface area (Å²) < 4.78 is 10.5. The van der Waals surface area contributed by atoms with Crippen LogP contribution in [-0.4, -0.2) is 40.6 Å². The Morgan fingerprint density at radius 1 is 1.16 bits per heavy atom. The van der Waals surface area contributed by atoms with Crippen molar-refractivity contribution >= 4 is 29.5 Å². The van der Waals surface area contributed by atoms with Crippen molar-refractivity contribution in [1.82, 2.24) is 10.6 Å². The molecule has 1 aliphatic rings. The summed E-state index contributed by atoms with van der Waals surface area (Å²) in [4.78, 5) is 46.6. The van der Waals surface area contributed by atoms with Crippen LogP contribution >= 0.6 is 0 Å². The number of carbonyl (C=O) groups is 3. The SMILES string of the molecule is C[C@H](NC(=O)/C(=C/c1ccc2c(c1)OCO2)NC(=O)c1cccc([N+](=O)[O-])c1)C(=O)O. The molecule has 3 rings (SSSR count). The number of nitro groups is 1. The monoisotopic (exact) mass is 427 g/mol. The lowest BCUT2D eigenvalue weighted by Crippen LogP contribution is -2.42. The average Bonchev–Trinajstić information content (AvgIpc) is 3.21. The standard InChI is InChI=1S/C20H17N3O8/c1-11(20(26)27)21-19(25)15(7-12-5-6-16-17(8-12)31-10-30-16)22-18(24)13-3-2-4-14(9-13)23(28)29/h2-9,11H,10H2,1H3,(H,21,25)(H,22,24)(H,26,27)/b15-7-/t11-/m0/s1. The van der Waals surface area contributed by atoms with Gasteiger partial charge >= 0.3 is 5.97 Å². The number of ether oxygens (including phenoxy) is 2. The van der Waals surface area contributed by atoms with E-state index in [2.05, 4.69) is 10.6 Å². The Kier molecular flexibility index (Phi) is 6.15. The molecule has 11 nitrogen and oxygen atoms in total.